The molecule has 0 atom stereocenters. The lowest BCUT2D eigenvalue weighted by Gasteiger charge is -2.10. The number of aromatic amines is 1. The van der Waals surface area contributed by atoms with E-state index in [1.807, 2.05) is 54.6 Å². The number of amides is 1. The molecule has 3 rings (SSSR count). The number of rotatable bonds is 5. The average Bonchev–Trinajstić information content (AvgIpc) is 3.08. The van der Waals surface area contributed by atoms with Gasteiger partial charge in [-0.1, -0.05) is 42.1 Å². The first kappa shape index (κ1) is 16.1. The topological polar surface area (TPSA) is 62.0 Å². The number of hydrogen-bond donors (Lipinski definition) is 2. The normalized spacial score (nSPS) is 10.4. The number of para-hydroxylation sites is 1. The average molecular weight is 336 g/mol. The van der Waals surface area contributed by atoms with Crippen molar-refractivity contribution in [2.45, 2.75) is 16.7 Å². The first-order valence-electron chi connectivity index (χ1n) is 7.46. The van der Waals surface area contributed by atoms with Crippen LogP contribution in [-0.4, -0.2) is 16.7 Å². The van der Waals surface area contributed by atoms with Crippen LogP contribution in [0.3, 0.4) is 0 Å². The van der Waals surface area contributed by atoms with Crippen molar-refractivity contribution in [3.05, 3.63) is 78.1 Å². The maximum atomic E-state index is 12.4. The molecule has 0 aliphatic carbocycles. The molecule has 0 unspecified atom stereocenters. The fourth-order valence-corrected chi connectivity index (χ4v) is 3.12. The van der Waals surface area contributed by atoms with Crippen LogP contribution >= 0.6 is 11.8 Å². The summed E-state index contributed by atoms with van der Waals surface area (Å²) in [4.78, 5) is 28.6. The van der Waals surface area contributed by atoms with Gasteiger partial charge >= 0.3 is 0 Å². The van der Waals surface area contributed by atoms with Gasteiger partial charge in [0.1, 0.15) is 5.69 Å². The summed E-state index contributed by atoms with van der Waals surface area (Å²) in [7, 11) is 0. The third-order valence-electron chi connectivity index (χ3n) is 3.44. The van der Waals surface area contributed by atoms with Gasteiger partial charge in [0.05, 0.1) is 5.69 Å². The molecule has 2 N–H and O–H groups in total. The number of aromatic nitrogens is 1. The van der Waals surface area contributed by atoms with Crippen molar-refractivity contribution in [3.63, 3.8) is 0 Å². The van der Waals surface area contributed by atoms with Crippen molar-refractivity contribution >= 4 is 29.1 Å². The van der Waals surface area contributed by atoms with Crippen molar-refractivity contribution < 1.29 is 9.59 Å². The number of hydrogen-bond acceptors (Lipinski definition) is 3. The Hall–Kier alpha value is -2.79. The van der Waals surface area contributed by atoms with E-state index in [1.54, 1.807) is 24.0 Å². The van der Waals surface area contributed by atoms with Crippen LogP contribution in [0.1, 0.15) is 27.8 Å². The van der Waals surface area contributed by atoms with Crippen LogP contribution in [0.2, 0.25) is 0 Å². The van der Waals surface area contributed by atoms with E-state index in [2.05, 4.69) is 10.3 Å². The highest BCUT2D eigenvalue weighted by atomic mass is 32.2. The van der Waals surface area contributed by atoms with Gasteiger partial charge in [-0.25, -0.2) is 0 Å². The SMILES string of the molecule is CC(=O)c1c[nH]c(C(=O)Nc2ccccc2Sc2ccccc2)c1. The molecule has 2 aromatic carbocycles. The summed E-state index contributed by atoms with van der Waals surface area (Å²) in [5, 5.41) is 2.90. The summed E-state index contributed by atoms with van der Waals surface area (Å²) >= 11 is 1.58. The molecule has 1 aromatic heterocycles. The van der Waals surface area contributed by atoms with E-state index in [0.29, 0.717) is 11.3 Å². The second-order valence-corrected chi connectivity index (χ2v) is 6.34. The largest absolute Gasteiger partial charge is 0.356 e. The fraction of sp³-hybridized carbons (Fsp3) is 0.0526. The highest BCUT2D eigenvalue weighted by Gasteiger charge is 2.13. The van der Waals surface area contributed by atoms with E-state index < -0.39 is 0 Å². The van der Waals surface area contributed by atoms with Gasteiger partial charge in [0.15, 0.2) is 5.78 Å². The predicted molar refractivity (Wildman–Crippen MR) is 95.8 cm³/mol. The first-order valence-corrected chi connectivity index (χ1v) is 8.28. The second kappa shape index (κ2) is 7.19. The van der Waals surface area contributed by atoms with Gasteiger partial charge < -0.3 is 10.3 Å². The third kappa shape index (κ3) is 3.75. The molecule has 3 aromatic rings. The van der Waals surface area contributed by atoms with Crippen LogP contribution in [0.15, 0.2) is 76.7 Å². The lowest BCUT2D eigenvalue weighted by Crippen LogP contribution is -2.12. The summed E-state index contributed by atoms with van der Waals surface area (Å²) in [6.07, 6.45) is 1.54. The Balaban J connectivity index is 1.79. The van der Waals surface area contributed by atoms with E-state index in [1.165, 1.54) is 6.92 Å². The summed E-state index contributed by atoms with van der Waals surface area (Å²) in [5.74, 6) is -0.353. The van der Waals surface area contributed by atoms with Crippen molar-refractivity contribution in [1.82, 2.24) is 4.98 Å². The Bertz CT molecular complexity index is 872. The molecular weight excluding hydrogens is 320 g/mol. The number of nitrogens with one attached hydrogen (secondary N) is 2. The summed E-state index contributed by atoms with van der Waals surface area (Å²) in [6.45, 7) is 1.47. The minimum Gasteiger partial charge on any atom is -0.356 e. The van der Waals surface area contributed by atoms with Gasteiger partial charge in [-0.2, -0.15) is 0 Å². The van der Waals surface area contributed by atoms with Crippen molar-refractivity contribution in [2.24, 2.45) is 0 Å². The van der Waals surface area contributed by atoms with Gasteiger partial charge in [-0.15, -0.1) is 0 Å². The number of Topliss-reactive ketones (excluding diaryl/α,β-unsaturated/α-hetero) is 1. The quantitative estimate of drug-likeness (QED) is 0.668. The Labute approximate surface area is 144 Å². The van der Waals surface area contributed by atoms with Gasteiger partial charge in [-0.05, 0) is 37.3 Å². The molecule has 24 heavy (non-hydrogen) atoms. The summed E-state index contributed by atoms with van der Waals surface area (Å²) in [6, 6.07) is 19.2. The highest BCUT2D eigenvalue weighted by molar-refractivity contribution is 7.99. The molecule has 0 radical (unpaired) electrons. The fourth-order valence-electron chi connectivity index (χ4n) is 2.19. The van der Waals surface area contributed by atoms with Crippen LogP contribution < -0.4 is 5.32 Å². The maximum absolute atomic E-state index is 12.4. The maximum Gasteiger partial charge on any atom is 0.272 e. The van der Waals surface area contributed by atoms with Crippen LogP contribution in [0.25, 0.3) is 0 Å². The van der Waals surface area contributed by atoms with E-state index in [4.69, 9.17) is 0 Å². The number of benzene rings is 2. The van der Waals surface area contributed by atoms with E-state index >= 15 is 0 Å². The molecule has 1 heterocycles. The van der Waals surface area contributed by atoms with Gasteiger partial charge in [0, 0.05) is 21.6 Å². The Morgan fingerprint density at radius 3 is 2.42 bits per heavy atom. The molecule has 0 fully saturated rings. The molecule has 120 valence electrons. The van der Waals surface area contributed by atoms with Crippen molar-refractivity contribution in [3.8, 4) is 0 Å². The molecule has 0 aliphatic rings. The minimum absolute atomic E-state index is 0.0784. The molecule has 4 nitrogen and oxygen atoms in total. The monoisotopic (exact) mass is 336 g/mol. The van der Waals surface area contributed by atoms with E-state index in [-0.39, 0.29) is 11.7 Å². The molecule has 0 spiro atoms. The zero-order valence-electron chi connectivity index (χ0n) is 13.1. The molecule has 0 bridgehead atoms. The standard InChI is InChI=1S/C19H16N2O2S/c1-13(22)14-11-17(20-12-14)19(23)21-16-9-5-6-10-18(16)24-15-7-3-2-4-8-15/h2-12,20H,1H3,(H,21,23). The number of H-pyrrole nitrogens is 1. The number of ketones is 1. The van der Waals surface area contributed by atoms with Crippen LogP contribution in [0.5, 0.6) is 0 Å². The van der Waals surface area contributed by atoms with Crippen LogP contribution in [-0.2, 0) is 0 Å². The third-order valence-corrected chi connectivity index (χ3v) is 4.52. The summed E-state index contributed by atoms with van der Waals surface area (Å²) in [5.41, 5.74) is 1.59. The Morgan fingerprint density at radius 2 is 1.71 bits per heavy atom. The molecule has 5 heteroatoms. The number of carbonyl (C=O) groups is 2. The lowest BCUT2D eigenvalue weighted by atomic mass is 10.2. The molecule has 1 amide bonds. The van der Waals surface area contributed by atoms with E-state index in [9.17, 15) is 9.59 Å². The summed E-state index contributed by atoms with van der Waals surface area (Å²) < 4.78 is 0. The Morgan fingerprint density at radius 1 is 1.00 bits per heavy atom. The van der Waals surface area contributed by atoms with Gasteiger partial charge in [0.2, 0.25) is 0 Å². The van der Waals surface area contributed by atoms with Gasteiger partial charge in [0.25, 0.3) is 5.91 Å². The Kier molecular flexibility index (Phi) is 4.82. The molecule has 0 aliphatic heterocycles. The molecule has 0 saturated heterocycles. The van der Waals surface area contributed by atoms with Gasteiger partial charge in [-0.3, -0.25) is 9.59 Å². The predicted octanol–water partition coefficient (Wildman–Crippen LogP) is 4.62. The lowest BCUT2D eigenvalue weighted by molar-refractivity contribution is 0.101. The smallest absolute Gasteiger partial charge is 0.272 e. The van der Waals surface area contributed by atoms with Crippen LogP contribution in [0.4, 0.5) is 5.69 Å². The number of anilines is 1. The zero-order valence-corrected chi connectivity index (χ0v) is 13.9. The molecule has 0 saturated carbocycles. The minimum atomic E-state index is -0.274. The van der Waals surface area contributed by atoms with E-state index in [0.717, 1.165) is 15.5 Å². The number of carbonyl (C=O) groups excluding carboxylic acids is 2. The van der Waals surface area contributed by atoms with Crippen LogP contribution in [0, 0.1) is 0 Å². The first-order chi connectivity index (χ1) is 11.6. The second-order valence-electron chi connectivity index (χ2n) is 5.22. The van der Waals surface area contributed by atoms with Crippen molar-refractivity contribution in [2.75, 3.05) is 5.32 Å². The zero-order chi connectivity index (χ0) is 16.9. The van der Waals surface area contributed by atoms with Crippen molar-refractivity contribution in [1.29, 1.82) is 0 Å². The molecular formula is C19H16N2O2S. The highest BCUT2D eigenvalue weighted by Crippen LogP contribution is 2.33.